The normalized spacial score (nSPS) is 48.1. The van der Waals surface area contributed by atoms with Crippen molar-refractivity contribution in [3.8, 4) is 0 Å². The van der Waals surface area contributed by atoms with E-state index in [0.717, 1.165) is 0 Å². The molecule has 0 unspecified atom stereocenters. The molecule has 21 nitrogen and oxygen atoms in total. The second-order valence-corrected chi connectivity index (χ2v) is 11.2. The van der Waals surface area contributed by atoms with E-state index in [2.05, 4.69) is 0 Å². The molecule has 4 fully saturated rings. The molecule has 0 aromatic rings. The van der Waals surface area contributed by atoms with Gasteiger partial charge in [0.2, 0.25) is 0 Å². The third kappa shape index (κ3) is 7.44. The molecule has 21 heteroatoms. The molecular formula is C24H42O21. The maximum absolute atomic E-state index is 11.0. The van der Waals surface area contributed by atoms with Gasteiger partial charge in [-0.05, 0) is 0 Å². The average molecular weight is 667 g/mol. The molecule has 0 bridgehead atoms. The first kappa shape index (κ1) is 37.0. The highest BCUT2D eigenvalue weighted by Crippen LogP contribution is 2.37. The summed E-state index contributed by atoms with van der Waals surface area (Å²) in [5, 5.41) is 141. The number of hydrogen-bond acceptors (Lipinski definition) is 21. The van der Waals surface area contributed by atoms with E-state index in [1.165, 1.54) is 0 Å². The molecule has 14 N–H and O–H groups in total. The zero-order valence-corrected chi connectivity index (χ0v) is 23.5. The van der Waals surface area contributed by atoms with Crippen molar-refractivity contribution in [2.24, 2.45) is 0 Å². The summed E-state index contributed by atoms with van der Waals surface area (Å²) in [6.07, 6.45) is -34.8. The Kier molecular flexibility index (Phi) is 12.8. The molecule has 4 saturated heterocycles. The standard InChI is InChI=1S/C24H42O21/c25-1-5(29)14-9(33)10(34)22(40-14)44-19-12(36)16(7(31)3-27)42-24(19)45-20-13(37)17(8(32)4-28)41-23(20)43-18-11(35)15(6(30)2-26)39-21(18)38/h5-38H,1-4H2/t5-,6+,7-,8-,9+,10+,11-,12-,13+,14-,15-,16-,17+,18+,19+,20-,21+,22-,23+,24-/m0/s1. The molecule has 0 aliphatic carbocycles. The van der Waals surface area contributed by atoms with Gasteiger partial charge in [0, 0.05) is 0 Å². The Labute approximate surface area is 254 Å². The lowest BCUT2D eigenvalue weighted by Crippen LogP contribution is -2.49. The van der Waals surface area contributed by atoms with Crippen molar-refractivity contribution in [1.29, 1.82) is 0 Å². The summed E-state index contributed by atoms with van der Waals surface area (Å²) in [5.41, 5.74) is 0. The molecule has 0 radical (unpaired) electrons. The van der Waals surface area contributed by atoms with E-state index in [9.17, 15) is 71.5 Å². The zero-order chi connectivity index (χ0) is 33.3. The summed E-state index contributed by atoms with van der Waals surface area (Å²) in [6, 6.07) is 0. The molecule has 4 rings (SSSR count). The minimum atomic E-state index is -1.91. The summed E-state index contributed by atoms with van der Waals surface area (Å²) in [7, 11) is 0. The van der Waals surface area contributed by atoms with E-state index in [4.69, 9.17) is 33.2 Å². The Morgan fingerprint density at radius 3 is 1.13 bits per heavy atom. The Morgan fingerprint density at radius 2 is 0.711 bits per heavy atom. The number of ether oxygens (including phenoxy) is 7. The van der Waals surface area contributed by atoms with Crippen molar-refractivity contribution in [3.63, 3.8) is 0 Å². The van der Waals surface area contributed by atoms with Gasteiger partial charge in [-0.1, -0.05) is 0 Å². The van der Waals surface area contributed by atoms with Gasteiger partial charge in [0.1, 0.15) is 97.7 Å². The second-order valence-electron chi connectivity index (χ2n) is 11.2. The number of aliphatic hydroxyl groups excluding tert-OH is 14. The summed E-state index contributed by atoms with van der Waals surface area (Å²) < 4.78 is 38.4. The molecule has 0 aromatic carbocycles. The van der Waals surface area contributed by atoms with Crippen molar-refractivity contribution in [1.82, 2.24) is 0 Å². The second kappa shape index (κ2) is 15.6. The van der Waals surface area contributed by atoms with Crippen LogP contribution in [-0.2, 0) is 33.2 Å². The van der Waals surface area contributed by atoms with Crippen LogP contribution in [0.2, 0.25) is 0 Å². The maximum atomic E-state index is 11.0. The fourth-order valence-electron chi connectivity index (χ4n) is 5.59. The Bertz CT molecular complexity index is 918. The van der Waals surface area contributed by atoms with Crippen molar-refractivity contribution in [3.05, 3.63) is 0 Å². The predicted octanol–water partition coefficient (Wildman–Crippen LogP) is -9.75. The van der Waals surface area contributed by atoms with Crippen LogP contribution < -0.4 is 0 Å². The molecule has 0 saturated carbocycles. The van der Waals surface area contributed by atoms with Gasteiger partial charge >= 0.3 is 0 Å². The van der Waals surface area contributed by atoms with Crippen LogP contribution in [0.1, 0.15) is 0 Å². The van der Waals surface area contributed by atoms with E-state index in [0.29, 0.717) is 0 Å². The minimum absolute atomic E-state index is 0.851. The molecule has 0 amide bonds. The first-order chi connectivity index (χ1) is 21.3. The summed E-state index contributed by atoms with van der Waals surface area (Å²) in [4.78, 5) is 0. The molecule has 0 aromatic heterocycles. The molecule has 264 valence electrons. The highest BCUT2D eigenvalue weighted by atomic mass is 16.8. The van der Waals surface area contributed by atoms with Crippen LogP contribution in [0.4, 0.5) is 0 Å². The molecule has 20 atom stereocenters. The van der Waals surface area contributed by atoms with Gasteiger partial charge in [-0.15, -0.1) is 0 Å². The van der Waals surface area contributed by atoms with Crippen LogP contribution in [0, 0.1) is 0 Å². The molecule has 4 aliphatic rings. The van der Waals surface area contributed by atoms with Gasteiger partial charge in [-0.25, -0.2) is 0 Å². The van der Waals surface area contributed by atoms with E-state index < -0.39 is 149 Å². The van der Waals surface area contributed by atoms with E-state index in [1.54, 1.807) is 0 Å². The lowest BCUT2D eigenvalue weighted by atomic mass is 10.0. The number of rotatable bonds is 14. The largest absolute Gasteiger partial charge is 0.394 e. The first-order valence-electron chi connectivity index (χ1n) is 14.1. The Balaban J connectivity index is 1.57. The molecule has 45 heavy (non-hydrogen) atoms. The fraction of sp³-hybridized carbons (Fsp3) is 1.00. The lowest BCUT2D eigenvalue weighted by Gasteiger charge is -2.31. The van der Waals surface area contributed by atoms with Crippen LogP contribution in [0.15, 0.2) is 0 Å². The average Bonchev–Trinajstić information content (AvgIpc) is 3.70. The van der Waals surface area contributed by atoms with Crippen molar-refractivity contribution in [2.75, 3.05) is 26.4 Å². The van der Waals surface area contributed by atoms with Crippen LogP contribution in [0.25, 0.3) is 0 Å². The van der Waals surface area contributed by atoms with Crippen LogP contribution in [0.5, 0.6) is 0 Å². The van der Waals surface area contributed by atoms with Gasteiger partial charge in [-0.3, -0.25) is 0 Å². The fourth-order valence-corrected chi connectivity index (χ4v) is 5.59. The first-order valence-corrected chi connectivity index (χ1v) is 14.1. The Hall–Kier alpha value is -0.840. The third-order valence-electron chi connectivity index (χ3n) is 8.11. The smallest absolute Gasteiger partial charge is 0.187 e. The van der Waals surface area contributed by atoms with Gasteiger partial charge in [-0.2, -0.15) is 0 Å². The van der Waals surface area contributed by atoms with Gasteiger partial charge < -0.3 is 105 Å². The molecular weight excluding hydrogens is 624 g/mol. The van der Waals surface area contributed by atoms with Crippen molar-refractivity contribution >= 4 is 0 Å². The quantitative estimate of drug-likeness (QED) is 0.0818. The third-order valence-corrected chi connectivity index (χ3v) is 8.11. The van der Waals surface area contributed by atoms with E-state index in [-0.39, 0.29) is 0 Å². The Morgan fingerprint density at radius 1 is 0.400 bits per heavy atom. The van der Waals surface area contributed by atoms with Gasteiger partial charge in [0.05, 0.1) is 26.4 Å². The zero-order valence-electron chi connectivity index (χ0n) is 23.5. The minimum Gasteiger partial charge on any atom is -0.394 e. The van der Waals surface area contributed by atoms with Crippen molar-refractivity contribution < 1.29 is 105 Å². The monoisotopic (exact) mass is 666 g/mol. The number of hydrogen-bond donors (Lipinski definition) is 14. The SMILES string of the molecule is OC[C@@H](O)[C@@H]1O[C@@H](O)[C@H](O[C@H]2O[C@H]([C@@H](O)CO)[C@@H](O)[C@@H]2O[C@@H]2O[C@@H]([C@@H](O)CO)[C@H](O)[C@H]2O[C@@H]2O[C@@H]([C@@H](O)CO)[C@H](O)[C@H]2O)[C@H]1O. The summed E-state index contributed by atoms with van der Waals surface area (Å²) in [5.74, 6) is 0. The van der Waals surface area contributed by atoms with Crippen molar-refractivity contribution in [2.45, 2.75) is 123 Å². The maximum Gasteiger partial charge on any atom is 0.187 e. The molecule has 4 aliphatic heterocycles. The van der Waals surface area contributed by atoms with Gasteiger partial charge in [0.15, 0.2) is 25.2 Å². The number of aliphatic hydroxyl groups is 14. The topological polar surface area (TPSA) is 348 Å². The van der Waals surface area contributed by atoms with Crippen LogP contribution in [-0.4, -0.2) is 221 Å². The molecule has 4 heterocycles. The molecule has 0 spiro atoms. The summed E-state index contributed by atoms with van der Waals surface area (Å²) in [6.45, 7) is -3.55. The predicted molar refractivity (Wildman–Crippen MR) is 134 cm³/mol. The highest BCUT2D eigenvalue weighted by Gasteiger charge is 2.58. The highest BCUT2D eigenvalue weighted by molar-refractivity contribution is 4.99. The summed E-state index contributed by atoms with van der Waals surface area (Å²) >= 11 is 0. The van der Waals surface area contributed by atoms with Crippen LogP contribution >= 0.6 is 0 Å². The van der Waals surface area contributed by atoms with E-state index >= 15 is 0 Å². The van der Waals surface area contributed by atoms with Crippen LogP contribution in [0.3, 0.4) is 0 Å². The van der Waals surface area contributed by atoms with Gasteiger partial charge in [0.25, 0.3) is 0 Å². The van der Waals surface area contributed by atoms with E-state index in [1.807, 2.05) is 0 Å². The lowest BCUT2D eigenvalue weighted by molar-refractivity contribution is -0.291.